The molecule has 0 aromatic heterocycles. The van der Waals surface area contributed by atoms with E-state index in [4.69, 9.17) is 0 Å². The second kappa shape index (κ2) is 6.71. The van der Waals surface area contributed by atoms with E-state index in [1.165, 1.54) is 25.9 Å². The third-order valence-electron chi connectivity index (χ3n) is 3.97. The monoisotopic (exact) mass is 328 g/mol. The number of benzene rings is 1. The molecule has 1 aliphatic heterocycles. The minimum absolute atomic E-state index is 0.161. The third-order valence-corrected chi connectivity index (χ3v) is 4.57. The standard InChI is InChI=1S/C15H22BrFN2/c1-18-7-5-12(6-8-18)11-19(2)15-4-3-14(17)9-13(15)10-16/h3-4,9,12H,5-8,10-11H2,1-2H3. The number of rotatable bonds is 4. The van der Waals surface area contributed by atoms with Crippen LogP contribution in [0.2, 0.25) is 0 Å². The first-order valence-electron chi connectivity index (χ1n) is 6.84. The quantitative estimate of drug-likeness (QED) is 0.780. The summed E-state index contributed by atoms with van der Waals surface area (Å²) in [6.45, 7) is 3.43. The molecular weight excluding hydrogens is 307 g/mol. The highest BCUT2D eigenvalue weighted by molar-refractivity contribution is 9.08. The maximum absolute atomic E-state index is 13.3. The van der Waals surface area contributed by atoms with Crippen molar-refractivity contribution in [3.8, 4) is 0 Å². The molecule has 19 heavy (non-hydrogen) atoms. The number of likely N-dealkylation sites (tertiary alicyclic amines) is 1. The van der Waals surface area contributed by atoms with Gasteiger partial charge in [-0.05, 0) is 62.7 Å². The molecule has 0 unspecified atom stereocenters. The topological polar surface area (TPSA) is 6.48 Å². The largest absolute Gasteiger partial charge is 0.374 e. The van der Waals surface area contributed by atoms with Crippen LogP contribution in [0.5, 0.6) is 0 Å². The molecule has 0 bridgehead atoms. The van der Waals surface area contributed by atoms with Gasteiger partial charge in [0.2, 0.25) is 0 Å². The minimum atomic E-state index is -0.161. The number of hydrogen-bond acceptors (Lipinski definition) is 2. The van der Waals surface area contributed by atoms with E-state index < -0.39 is 0 Å². The Morgan fingerprint density at radius 2 is 2.05 bits per heavy atom. The summed E-state index contributed by atoms with van der Waals surface area (Å²) in [5.74, 6) is 0.584. The Hall–Kier alpha value is -0.610. The Labute approximate surface area is 123 Å². The molecule has 0 aliphatic carbocycles. The molecule has 1 saturated heterocycles. The van der Waals surface area contributed by atoms with Gasteiger partial charge in [-0.15, -0.1) is 0 Å². The highest BCUT2D eigenvalue weighted by atomic mass is 79.9. The molecule has 0 radical (unpaired) electrons. The van der Waals surface area contributed by atoms with Gasteiger partial charge in [0.25, 0.3) is 0 Å². The van der Waals surface area contributed by atoms with Gasteiger partial charge in [0.05, 0.1) is 0 Å². The fraction of sp³-hybridized carbons (Fsp3) is 0.600. The maximum Gasteiger partial charge on any atom is 0.123 e. The Balaban J connectivity index is 2.01. The zero-order valence-electron chi connectivity index (χ0n) is 11.7. The fourth-order valence-electron chi connectivity index (χ4n) is 2.76. The summed E-state index contributed by atoms with van der Waals surface area (Å²) >= 11 is 3.44. The van der Waals surface area contributed by atoms with E-state index in [0.717, 1.165) is 23.7 Å². The number of nitrogens with zero attached hydrogens (tertiary/aromatic N) is 2. The normalized spacial score (nSPS) is 17.7. The number of halogens is 2. The van der Waals surface area contributed by atoms with Crippen molar-refractivity contribution < 1.29 is 4.39 Å². The molecule has 1 aromatic carbocycles. The van der Waals surface area contributed by atoms with Crippen molar-refractivity contribution in [2.45, 2.75) is 18.2 Å². The fourth-order valence-corrected chi connectivity index (χ4v) is 3.21. The molecule has 1 aromatic rings. The lowest BCUT2D eigenvalue weighted by molar-refractivity contribution is 0.222. The Bertz CT molecular complexity index is 417. The van der Waals surface area contributed by atoms with Gasteiger partial charge in [-0.3, -0.25) is 0 Å². The first kappa shape index (κ1) is 14.8. The SMILES string of the molecule is CN1CCC(CN(C)c2ccc(F)cc2CBr)CC1. The summed E-state index contributed by atoms with van der Waals surface area (Å²) < 4.78 is 13.3. The Morgan fingerprint density at radius 3 is 2.68 bits per heavy atom. The van der Waals surface area contributed by atoms with Crippen molar-refractivity contribution in [2.75, 3.05) is 38.6 Å². The minimum Gasteiger partial charge on any atom is -0.374 e. The van der Waals surface area contributed by atoms with E-state index in [9.17, 15) is 4.39 Å². The lowest BCUT2D eigenvalue weighted by Crippen LogP contribution is -2.36. The predicted octanol–water partition coefficient (Wildman–Crippen LogP) is 3.50. The third kappa shape index (κ3) is 3.93. The van der Waals surface area contributed by atoms with Crippen LogP contribution in [0.25, 0.3) is 0 Å². The second-order valence-corrected chi connectivity index (χ2v) is 6.09. The van der Waals surface area contributed by atoms with Gasteiger partial charge in [-0.25, -0.2) is 4.39 Å². The van der Waals surface area contributed by atoms with E-state index in [0.29, 0.717) is 5.33 Å². The zero-order chi connectivity index (χ0) is 13.8. The first-order chi connectivity index (χ1) is 9.10. The van der Waals surface area contributed by atoms with Crippen LogP contribution in [0.4, 0.5) is 10.1 Å². The van der Waals surface area contributed by atoms with Gasteiger partial charge < -0.3 is 9.80 Å². The van der Waals surface area contributed by atoms with Gasteiger partial charge in [0, 0.05) is 24.6 Å². The molecule has 0 spiro atoms. The number of alkyl halides is 1. The van der Waals surface area contributed by atoms with Crippen molar-refractivity contribution in [3.05, 3.63) is 29.6 Å². The van der Waals surface area contributed by atoms with Crippen LogP contribution in [-0.2, 0) is 5.33 Å². The molecule has 2 nitrogen and oxygen atoms in total. The molecular formula is C15H22BrFN2. The molecule has 4 heteroatoms. The van der Waals surface area contributed by atoms with E-state index >= 15 is 0 Å². The molecule has 106 valence electrons. The summed E-state index contributed by atoms with van der Waals surface area (Å²) in [5, 5.41) is 0.692. The summed E-state index contributed by atoms with van der Waals surface area (Å²) in [6, 6.07) is 5.06. The second-order valence-electron chi connectivity index (χ2n) is 5.53. The number of hydrogen-bond donors (Lipinski definition) is 0. The summed E-state index contributed by atoms with van der Waals surface area (Å²) in [5.41, 5.74) is 2.16. The molecule has 2 rings (SSSR count). The van der Waals surface area contributed by atoms with Crippen LogP contribution in [0, 0.1) is 11.7 Å². The lowest BCUT2D eigenvalue weighted by atomic mass is 9.96. The molecule has 0 amide bonds. The van der Waals surface area contributed by atoms with Crippen LogP contribution in [0.1, 0.15) is 18.4 Å². The summed E-state index contributed by atoms with van der Waals surface area (Å²) in [6.07, 6.45) is 2.51. The van der Waals surface area contributed by atoms with E-state index in [2.05, 4.69) is 39.8 Å². The van der Waals surface area contributed by atoms with Crippen LogP contribution in [0.3, 0.4) is 0 Å². The molecule has 0 N–H and O–H groups in total. The van der Waals surface area contributed by atoms with Crippen LogP contribution in [-0.4, -0.2) is 38.6 Å². The molecule has 0 saturated carbocycles. The predicted molar refractivity (Wildman–Crippen MR) is 82.5 cm³/mol. The zero-order valence-corrected chi connectivity index (χ0v) is 13.3. The molecule has 1 fully saturated rings. The first-order valence-corrected chi connectivity index (χ1v) is 7.96. The van der Waals surface area contributed by atoms with Gasteiger partial charge in [-0.2, -0.15) is 0 Å². The average molecular weight is 329 g/mol. The van der Waals surface area contributed by atoms with Crippen molar-refractivity contribution in [3.63, 3.8) is 0 Å². The lowest BCUT2D eigenvalue weighted by Gasteiger charge is -2.33. The molecule has 0 atom stereocenters. The van der Waals surface area contributed by atoms with E-state index in [1.807, 2.05) is 6.07 Å². The highest BCUT2D eigenvalue weighted by Gasteiger charge is 2.19. The van der Waals surface area contributed by atoms with Crippen molar-refractivity contribution in [1.82, 2.24) is 4.90 Å². The summed E-state index contributed by atoms with van der Waals surface area (Å²) in [4.78, 5) is 4.66. The highest BCUT2D eigenvalue weighted by Crippen LogP contribution is 2.25. The number of piperidine rings is 1. The van der Waals surface area contributed by atoms with Gasteiger partial charge in [0.15, 0.2) is 0 Å². The molecule has 1 aliphatic rings. The smallest absolute Gasteiger partial charge is 0.123 e. The van der Waals surface area contributed by atoms with Crippen molar-refractivity contribution in [1.29, 1.82) is 0 Å². The van der Waals surface area contributed by atoms with Crippen LogP contribution in [0.15, 0.2) is 18.2 Å². The number of anilines is 1. The maximum atomic E-state index is 13.3. The van der Waals surface area contributed by atoms with Crippen molar-refractivity contribution in [2.24, 2.45) is 5.92 Å². The summed E-state index contributed by atoms with van der Waals surface area (Å²) in [7, 11) is 4.29. The molecule has 1 heterocycles. The van der Waals surface area contributed by atoms with E-state index in [1.54, 1.807) is 12.1 Å². The van der Waals surface area contributed by atoms with Crippen LogP contribution >= 0.6 is 15.9 Å². The Morgan fingerprint density at radius 1 is 1.37 bits per heavy atom. The van der Waals surface area contributed by atoms with Crippen LogP contribution < -0.4 is 4.90 Å². The average Bonchev–Trinajstić information content (AvgIpc) is 2.41. The van der Waals surface area contributed by atoms with Gasteiger partial charge >= 0.3 is 0 Å². The van der Waals surface area contributed by atoms with Crippen molar-refractivity contribution >= 4 is 21.6 Å². The Kier molecular flexibility index (Phi) is 5.22. The van der Waals surface area contributed by atoms with Gasteiger partial charge in [0.1, 0.15) is 5.82 Å². The van der Waals surface area contributed by atoms with E-state index in [-0.39, 0.29) is 5.82 Å². The van der Waals surface area contributed by atoms with Gasteiger partial charge in [-0.1, -0.05) is 15.9 Å².